The van der Waals surface area contributed by atoms with Crippen LogP contribution in [0.4, 0.5) is 0 Å². The molecule has 0 heterocycles. The summed E-state index contributed by atoms with van der Waals surface area (Å²) >= 11 is 0. The van der Waals surface area contributed by atoms with Crippen LogP contribution in [0.1, 0.15) is 52.4 Å². The van der Waals surface area contributed by atoms with Crippen molar-refractivity contribution < 1.29 is 39.3 Å². The van der Waals surface area contributed by atoms with Crippen molar-refractivity contribution in [2.75, 3.05) is 13.2 Å². The summed E-state index contributed by atoms with van der Waals surface area (Å²) in [5, 5.41) is 34.7. The molecule has 10 N–H and O–H groups in total. The van der Waals surface area contributed by atoms with Gasteiger partial charge in [0.25, 0.3) is 0 Å². The van der Waals surface area contributed by atoms with E-state index in [0.717, 1.165) is 0 Å². The first-order chi connectivity index (χ1) is 15.5. The Morgan fingerprint density at radius 2 is 1.45 bits per heavy atom. The lowest BCUT2D eigenvalue weighted by Gasteiger charge is -2.26. The summed E-state index contributed by atoms with van der Waals surface area (Å²) in [5.74, 6) is -5.13. The largest absolute Gasteiger partial charge is 0.481 e. The summed E-state index contributed by atoms with van der Waals surface area (Å²) in [6.07, 6.45) is 1.16. The maximum atomic E-state index is 12.8. The summed E-state index contributed by atoms with van der Waals surface area (Å²) in [5.41, 5.74) is 11.1. The molecule has 0 radical (unpaired) electrons. The van der Waals surface area contributed by atoms with Gasteiger partial charge in [-0.2, -0.15) is 0 Å². The molecule has 0 rings (SSSR count). The Morgan fingerprint density at radius 1 is 0.879 bits per heavy atom. The number of nitrogens with two attached hydrogens (primary N) is 2. The van der Waals surface area contributed by atoms with Crippen molar-refractivity contribution >= 4 is 29.7 Å². The molecule has 190 valence electrons. The Morgan fingerprint density at radius 3 is 1.94 bits per heavy atom. The molecule has 0 spiro atoms. The predicted octanol–water partition coefficient (Wildman–Crippen LogP) is -2.12. The third-order valence-electron chi connectivity index (χ3n) is 5.18. The SMILES string of the molecule is CCC(C)C(NC(=O)C(CCCCN)NC(=O)C(CO)NC(=O)C(N)CCC(=O)O)C(=O)O. The Bertz CT molecular complexity index is 675. The van der Waals surface area contributed by atoms with Gasteiger partial charge < -0.3 is 42.7 Å². The van der Waals surface area contributed by atoms with Crippen molar-refractivity contribution in [2.24, 2.45) is 17.4 Å². The van der Waals surface area contributed by atoms with Gasteiger partial charge in [0.05, 0.1) is 12.6 Å². The summed E-state index contributed by atoms with van der Waals surface area (Å²) in [6, 6.07) is -4.93. The number of carbonyl (C=O) groups excluding carboxylic acids is 3. The molecule has 0 aromatic carbocycles. The molecule has 0 aliphatic carbocycles. The van der Waals surface area contributed by atoms with Crippen LogP contribution >= 0.6 is 0 Å². The molecule has 5 atom stereocenters. The number of aliphatic hydroxyl groups excluding tert-OH is 1. The van der Waals surface area contributed by atoms with Gasteiger partial charge in [0.2, 0.25) is 17.7 Å². The van der Waals surface area contributed by atoms with E-state index in [2.05, 4.69) is 16.0 Å². The van der Waals surface area contributed by atoms with E-state index in [1.807, 2.05) is 0 Å². The second kappa shape index (κ2) is 15.9. The van der Waals surface area contributed by atoms with Gasteiger partial charge in [-0.25, -0.2) is 4.79 Å². The van der Waals surface area contributed by atoms with Crippen molar-refractivity contribution in [3.63, 3.8) is 0 Å². The molecule has 3 amide bonds. The number of carboxylic acids is 2. The van der Waals surface area contributed by atoms with Crippen LogP contribution in [0.2, 0.25) is 0 Å². The lowest BCUT2D eigenvalue weighted by atomic mass is 9.98. The Hall–Kier alpha value is -2.77. The van der Waals surface area contributed by atoms with Gasteiger partial charge in [0, 0.05) is 6.42 Å². The van der Waals surface area contributed by atoms with Crippen LogP contribution in [0, 0.1) is 5.92 Å². The first kappa shape index (κ1) is 30.2. The van der Waals surface area contributed by atoms with Crippen LogP contribution in [-0.2, 0) is 24.0 Å². The molecular formula is C20H37N5O8. The van der Waals surface area contributed by atoms with E-state index in [1.54, 1.807) is 13.8 Å². The number of carbonyl (C=O) groups is 5. The average Bonchev–Trinajstić information content (AvgIpc) is 2.77. The molecule has 13 nitrogen and oxygen atoms in total. The Balaban J connectivity index is 5.28. The quantitative estimate of drug-likeness (QED) is 0.106. The van der Waals surface area contributed by atoms with Crippen molar-refractivity contribution in [2.45, 2.75) is 76.5 Å². The third kappa shape index (κ3) is 11.6. The van der Waals surface area contributed by atoms with Crippen LogP contribution in [-0.4, -0.2) is 82.3 Å². The molecule has 0 aromatic heterocycles. The first-order valence-corrected chi connectivity index (χ1v) is 10.9. The lowest BCUT2D eigenvalue weighted by molar-refractivity contribution is -0.144. The highest BCUT2D eigenvalue weighted by Gasteiger charge is 2.31. The molecular weight excluding hydrogens is 438 g/mol. The number of carboxylic acid groups (broad SMARTS) is 2. The van der Waals surface area contributed by atoms with E-state index < -0.39 is 60.4 Å². The van der Waals surface area contributed by atoms with E-state index >= 15 is 0 Å². The number of aliphatic hydroxyl groups is 1. The second-order valence-corrected chi connectivity index (χ2v) is 7.84. The third-order valence-corrected chi connectivity index (χ3v) is 5.18. The number of aliphatic carboxylic acids is 2. The summed E-state index contributed by atoms with van der Waals surface area (Å²) in [7, 11) is 0. The molecule has 0 aliphatic rings. The molecule has 33 heavy (non-hydrogen) atoms. The maximum Gasteiger partial charge on any atom is 0.326 e. The molecule has 5 unspecified atom stereocenters. The molecule has 0 aromatic rings. The number of hydrogen-bond acceptors (Lipinski definition) is 8. The van der Waals surface area contributed by atoms with E-state index in [-0.39, 0.29) is 25.2 Å². The van der Waals surface area contributed by atoms with Crippen molar-refractivity contribution in [1.29, 1.82) is 0 Å². The molecule has 0 aliphatic heterocycles. The van der Waals surface area contributed by atoms with Crippen LogP contribution < -0.4 is 27.4 Å². The topological polar surface area (TPSA) is 234 Å². The summed E-state index contributed by atoms with van der Waals surface area (Å²) in [6.45, 7) is 3.01. The van der Waals surface area contributed by atoms with Crippen molar-refractivity contribution in [1.82, 2.24) is 16.0 Å². The highest BCUT2D eigenvalue weighted by molar-refractivity contribution is 5.94. The monoisotopic (exact) mass is 475 g/mol. The van der Waals surface area contributed by atoms with Gasteiger partial charge in [0.1, 0.15) is 18.1 Å². The zero-order chi connectivity index (χ0) is 25.6. The smallest absolute Gasteiger partial charge is 0.326 e. The fourth-order valence-electron chi connectivity index (χ4n) is 2.85. The molecule has 0 fully saturated rings. The van der Waals surface area contributed by atoms with Crippen LogP contribution in [0.25, 0.3) is 0 Å². The fourth-order valence-corrected chi connectivity index (χ4v) is 2.85. The van der Waals surface area contributed by atoms with E-state index in [4.69, 9.17) is 16.6 Å². The lowest BCUT2D eigenvalue weighted by Crippen LogP contribution is -2.58. The Labute approximate surface area is 192 Å². The van der Waals surface area contributed by atoms with Crippen LogP contribution in [0.3, 0.4) is 0 Å². The van der Waals surface area contributed by atoms with Gasteiger partial charge in [-0.15, -0.1) is 0 Å². The standard InChI is InChI=1S/C20H37N5O8/c1-3-11(2)16(20(32)33)25-18(30)13(6-4-5-9-21)23-19(31)14(10-26)24-17(29)12(22)7-8-15(27)28/h11-14,16,26H,3-10,21-22H2,1-2H3,(H,23,31)(H,24,29)(H,25,30)(H,27,28)(H,32,33). The number of amides is 3. The van der Waals surface area contributed by atoms with E-state index in [9.17, 15) is 34.2 Å². The summed E-state index contributed by atoms with van der Waals surface area (Å²) in [4.78, 5) is 59.6. The maximum absolute atomic E-state index is 12.8. The zero-order valence-electron chi connectivity index (χ0n) is 19.1. The molecule has 0 saturated carbocycles. The predicted molar refractivity (Wildman–Crippen MR) is 118 cm³/mol. The van der Waals surface area contributed by atoms with Gasteiger partial charge in [-0.1, -0.05) is 20.3 Å². The van der Waals surface area contributed by atoms with Crippen molar-refractivity contribution in [3.05, 3.63) is 0 Å². The fraction of sp³-hybridized carbons (Fsp3) is 0.750. The second-order valence-electron chi connectivity index (χ2n) is 7.84. The highest BCUT2D eigenvalue weighted by Crippen LogP contribution is 2.10. The van der Waals surface area contributed by atoms with E-state index in [0.29, 0.717) is 25.8 Å². The van der Waals surface area contributed by atoms with E-state index in [1.165, 1.54) is 0 Å². The first-order valence-electron chi connectivity index (χ1n) is 10.9. The normalized spacial score (nSPS) is 15.4. The minimum absolute atomic E-state index is 0.159. The summed E-state index contributed by atoms with van der Waals surface area (Å²) < 4.78 is 0. The zero-order valence-corrected chi connectivity index (χ0v) is 19.1. The highest BCUT2D eigenvalue weighted by atomic mass is 16.4. The minimum atomic E-state index is -1.44. The number of rotatable bonds is 17. The van der Waals surface area contributed by atoms with Gasteiger partial charge in [0.15, 0.2) is 0 Å². The molecule has 0 bridgehead atoms. The van der Waals surface area contributed by atoms with Gasteiger partial charge in [-0.05, 0) is 38.1 Å². The Kier molecular flexibility index (Phi) is 14.6. The van der Waals surface area contributed by atoms with Gasteiger partial charge in [-0.3, -0.25) is 19.2 Å². The minimum Gasteiger partial charge on any atom is -0.481 e. The molecule has 0 saturated heterocycles. The van der Waals surface area contributed by atoms with Crippen molar-refractivity contribution in [3.8, 4) is 0 Å². The van der Waals surface area contributed by atoms with Crippen LogP contribution in [0.5, 0.6) is 0 Å². The number of unbranched alkanes of at least 4 members (excludes halogenated alkanes) is 1. The number of hydrogen-bond donors (Lipinski definition) is 8. The average molecular weight is 476 g/mol. The number of nitrogens with one attached hydrogen (secondary N) is 3. The molecule has 13 heteroatoms. The van der Waals surface area contributed by atoms with Crippen LogP contribution in [0.15, 0.2) is 0 Å². The van der Waals surface area contributed by atoms with Gasteiger partial charge >= 0.3 is 11.9 Å².